The van der Waals surface area contributed by atoms with Crippen molar-refractivity contribution in [1.29, 1.82) is 0 Å². The third kappa shape index (κ3) is 5.11. The van der Waals surface area contributed by atoms with Crippen LogP contribution in [0.5, 0.6) is 0 Å². The summed E-state index contributed by atoms with van der Waals surface area (Å²) in [5.41, 5.74) is 1.14. The summed E-state index contributed by atoms with van der Waals surface area (Å²) in [7, 11) is 0. The van der Waals surface area contributed by atoms with Crippen molar-refractivity contribution in [1.82, 2.24) is 10.3 Å². The second kappa shape index (κ2) is 6.76. The van der Waals surface area contributed by atoms with Crippen LogP contribution in [-0.4, -0.2) is 35.8 Å². The van der Waals surface area contributed by atoms with Gasteiger partial charge in [0.1, 0.15) is 0 Å². The van der Waals surface area contributed by atoms with Crippen molar-refractivity contribution in [3.05, 3.63) is 11.1 Å². The molecule has 1 atom stereocenters. The van der Waals surface area contributed by atoms with E-state index in [1.165, 1.54) is 0 Å². The van der Waals surface area contributed by atoms with Gasteiger partial charge in [-0.1, -0.05) is 6.92 Å². The Kier molecular flexibility index (Phi) is 5.60. The second-order valence-corrected chi connectivity index (χ2v) is 4.34. The topological polar surface area (TPSA) is 57.2 Å². The maximum atomic E-state index is 9.01. The average molecular weight is 229 g/mol. The van der Waals surface area contributed by atoms with Gasteiger partial charge in [-0.3, -0.25) is 0 Å². The molecular formula is C10H19N3OS. The van der Waals surface area contributed by atoms with Crippen LogP contribution in [0.15, 0.2) is 5.38 Å². The summed E-state index contributed by atoms with van der Waals surface area (Å²) in [5.74, 6) is 0. The predicted octanol–water partition coefficient (Wildman–Crippen LogP) is 1.09. The Morgan fingerprint density at radius 1 is 1.53 bits per heavy atom. The summed E-state index contributed by atoms with van der Waals surface area (Å²) in [6.45, 7) is 6.19. The number of hydrogen-bond acceptors (Lipinski definition) is 5. The van der Waals surface area contributed by atoms with Crippen LogP contribution in [0.3, 0.4) is 0 Å². The van der Waals surface area contributed by atoms with E-state index in [1.54, 1.807) is 18.3 Å². The SMILES string of the molecule is CCc1csc(NCCNCC(C)O)n1. The number of nitrogens with one attached hydrogen (secondary N) is 2. The fraction of sp³-hybridized carbons (Fsp3) is 0.700. The van der Waals surface area contributed by atoms with E-state index in [0.717, 1.165) is 30.3 Å². The quantitative estimate of drug-likeness (QED) is 0.613. The lowest BCUT2D eigenvalue weighted by Crippen LogP contribution is -2.28. The van der Waals surface area contributed by atoms with E-state index in [-0.39, 0.29) is 6.10 Å². The molecule has 1 aromatic heterocycles. The van der Waals surface area contributed by atoms with Crippen molar-refractivity contribution in [3.63, 3.8) is 0 Å². The molecular weight excluding hydrogens is 210 g/mol. The molecule has 0 fully saturated rings. The molecule has 1 heterocycles. The van der Waals surface area contributed by atoms with Gasteiger partial charge < -0.3 is 15.7 Å². The number of anilines is 1. The summed E-state index contributed by atoms with van der Waals surface area (Å²) in [4.78, 5) is 4.39. The smallest absolute Gasteiger partial charge is 0.182 e. The molecule has 0 spiro atoms. The minimum Gasteiger partial charge on any atom is -0.392 e. The molecule has 0 aliphatic rings. The zero-order valence-corrected chi connectivity index (χ0v) is 10.1. The Bertz CT molecular complexity index is 275. The number of nitrogens with zero attached hydrogens (tertiary/aromatic N) is 1. The predicted molar refractivity (Wildman–Crippen MR) is 64.5 cm³/mol. The van der Waals surface area contributed by atoms with Crippen LogP contribution in [0, 0.1) is 0 Å². The number of rotatable bonds is 7. The number of aromatic nitrogens is 1. The van der Waals surface area contributed by atoms with Crippen LogP contribution in [0.25, 0.3) is 0 Å². The van der Waals surface area contributed by atoms with Crippen molar-refractivity contribution in [2.45, 2.75) is 26.4 Å². The van der Waals surface area contributed by atoms with Crippen molar-refractivity contribution in [3.8, 4) is 0 Å². The highest BCUT2D eigenvalue weighted by Gasteiger charge is 1.98. The average Bonchev–Trinajstić information content (AvgIpc) is 2.65. The largest absolute Gasteiger partial charge is 0.392 e. The third-order valence-corrected chi connectivity index (χ3v) is 2.78. The van der Waals surface area contributed by atoms with Crippen LogP contribution in [0.1, 0.15) is 19.5 Å². The van der Waals surface area contributed by atoms with E-state index >= 15 is 0 Å². The Labute approximate surface area is 94.7 Å². The first-order chi connectivity index (χ1) is 7.22. The van der Waals surface area contributed by atoms with Crippen molar-refractivity contribution < 1.29 is 5.11 Å². The van der Waals surface area contributed by atoms with Gasteiger partial charge in [0.25, 0.3) is 0 Å². The first-order valence-corrected chi connectivity index (χ1v) is 6.17. The summed E-state index contributed by atoms with van der Waals surface area (Å²) in [5, 5.41) is 18.4. The maximum Gasteiger partial charge on any atom is 0.182 e. The Morgan fingerprint density at radius 2 is 2.33 bits per heavy atom. The molecule has 1 rings (SSSR count). The fourth-order valence-corrected chi connectivity index (χ4v) is 1.94. The summed E-state index contributed by atoms with van der Waals surface area (Å²) < 4.78 is 0. The number of hydrogen-bond donors (Lipinski definition) is 3. The van der Waals surface area contributed by atoms with Crippen LogP contribution in [0.4, 0.5) is 5.13 Å². The van der Waals surface area contributed by atoms with Gasteiger partial charge >= 0.3 is 0 Å². The zero-order valence-electron chi connectivity index (χ0n) is 9.29. The molecule has 0 saturated carbocycles. The van der Waals surface area contributed by atoms with E-state index in [1.807, 2.05) is 0 Å². The molecule has 0 radical (unpaired) electrons. The molecule has 1 unspecified atom stereocenters. The minimum absolute atomic E-state index is 0.281. The van der Waals surface area contributed by atoms with Crippen molar-refractivity contribution in [2.75, 3.05) is 25.0 Å². The standard InChI is InChI=1S/C10H19N3OS/c1-3-9-7-15-10(13-9)12-5-4-11-6-8(2)14/h7-8,11,14H,3-6H2,1-2H3,(H,12,13). The van der Waals surface area contributed by atoms with Crippen molar-refractivity contribution >= 4 is 16.5 Å². The Balaban J connectivity index is 2.09. The molecule has 0 amide bonds. The van der Waals surface area contributed by atoms with Gasteiger partial charge in [0, 0.05) is 25.0 Å². The van der Waals surface area contributed by atoms with Crippen molar-refractivity contribution in [2.24, 2.45) is 0 Å². The van der Waals surface area contributed by atoms with E-state index in [2.05, 4.69) is 27.9 Å². The highest BCUT2D eigenvalue weighted by atomic mass is 32.1. The number of aliphatic hydroxyl groups excluding tert-OH is 1. The van der Waals surface area contributed by atoms with Crippen LogP contribution >= 0.6 is 11.3 Å². The number of aliphatic hydroxyl groups is 1. The molecule has 86 valence electrons. The van der Waals surface area contributed by atoms with Gasteiger partial charge in [0.05, 0.1) is 11.8 Å². The van der Waals surface area contributed by atoms with E-state index in [4.69, 9.17) is 5.11 Å². The highest BCUT2D eigenvalue weighted by molar-refractivity contribution is 7.13. The molecule has 15 heavy (non-hydrogen) atoms. The van der Waals surface area contributed by atoms with Crippen LogP contribution < -0.4 is 10.6 Å². The summed E-state index contributed by atoms with van der Waals surface area (Å²) in [6.07, 6.45) is 0.704. The lowest BCUT2D eigenvalue weighted by molar-refractivity contribution is 0.192. The summed E-state index contributed by atoms with van der Waals surface area (Å²) in [6, 6.07) is 0. The first-order valence-electron chi connectivity index (χ1n) is 5.29. The van der Waals surface area contributed by atoms with Crippen LogP contribution in [0.2, 0.25) is 0 Å². The molecule has 3 N–H and O–H groups in total. The van der Waals surface area contributed by atoms with Gasteiger partial charge in [-0.25, -0.2) is 4.98 Å². The van der Waals surface area contributed by atoms with Gasteiger partial charge in [0.2, 0.25) is 0 Å². The monoisotopic (exact) mass is 229 g/mol. The third-order valence-electron chi connectivity index (χ3n) is 1.93. The van der Waals surface area contributed by atoms with E-state index in [0.29, 0.717) is 6.54 Å². The van der Waals surface area contributed by atoms with E-state index < -0.39 is 0 Å². The Morgan fingerprint density at radius 3 is 2.93 bits per heavy atom. The maximum absolute atomic E-state index is 9.01. The van der Waals surface area contributed by atoms with Gasteiger partial charge in [-0.15, -0.1) is 11.3 Å². The second-order valence-electron chi connectivity index (χ2n) is 3.48. The van der Waals surface area contributed by atoms with Gasteiger partial charge in [0.15, 0.2) is 5.13 Å². The van der Waals surface area contributed by atoms with Crippen LogP contribution in [-0.2, 0) is 6.42 Å². The lowest BCUT2D eigenvalue weighted by Gasteiger charge is -2.06. The van der Waals surface area contributed by atoms with Gasteiger partial charge in [-0.2, -0.15) is 0 Å². The highest BCUT2D eigenvalue weighted by Crippen LogP contribution is 2.14. The minimum atomic E-state index is -0.281. The Hall–Kier alpha value is -0.650. The fourth-order valence-electron chi connectivity index (χ4n) is 1.12. The molecule has 0 saturated heterocycles. The van der Waals surface area contributed by atoms with E-state index in [9.17, 15) is 0 Å². The molecule has 0 aliphatic carbocycles. The molecule has 0 aliphatic heterocycles. The lowest BCUT2D eigenvalue weighted by atomic mass is 10.4. The molecule has 1 aromatic rings. The first kappa shape index (κ1) is 12.4. The zero-order chi connectivity index (χ0) is 11.1. The molecule has 0 bridgehead atoms. The molecule has 5 heteroatoms. The normalized spacial score (nSPS) is 12.7. The molecule has 4 nitrogen and oxygen atoms in total. The summed E-state index contributed by atoms with van der Waals surface area (Å²) >= 11 is 1.64. The van der Waals surface area contributed by atoms with Gasteiger partial charge in [-0.05, 0) is 13.3 Å². The number of thiazole rings is 1. The molecule has 0 aromatic carbocycles. The number of aryl methyl sites for hydroxylation is 1.